The molecule has 2 N–H and O–H groups in total. The van der Waals surface area contributed by atoms with Gasteiger partial charge < -0.3 is 10.5 Å². The molecule has 0 fully saturated rings. The summed E-state index contributed by atoms with van der Waals surface area (Å²) in [6.45, 7) is 1.57. The highest BCUT2D eigenvalue weighted by Gasteiger charge is 2.23. The van der Waals surface area contributed by atoms with Gasteiger partial charge in [0, 0.05) is 12.1 Å². The van der Waals surface area contributed by atoms with Crippen LogP contribution in [-0.4, -0.2) is 9.78 Å². The van der Waals surface area contributed by atoms with Crippen LogP contribution in [0.1, 0.15) is 17.0 Å². The molecule has 0 spiro atoms. The largest absolute Gasteiger partial charge is 0.370 e. The van der Waals surface area contributed by atoms with Gasteiger partial charge in [0.15, 0.2) is 0 Å². The first-order valence-corrected chi connectivity index (χ1v) is 5.81. The quantitative estimate of drug-likeness (QED) is 0.886. The van der Waals surface area contributed by atoms with Gasteiger partial charge in [-0.15, -0.1) is 0 Å². The molecule has 0 atom stereocenters. The highest BCUT2D eigenvalue weighted by molar-refractivity contribution is 6.32. The van der Waals surface area contributed by atoms with Gasteiger partial charge in [-0.3, -0.25) is 0 Å². The Kier molecular flexibility index (Phi) is 2.63. The fraction of sp³-hybridized carbons (Fsp3) is 0.250. The van der Waals surface area contributed by atoms with E-state index in [0.717, 1.165) is 22.6 Å². The van der Waals surface area contributed by atoms with Crippen molar-refractivity contribution in [3.63, 3.8) is 0 Å². The van der Waals surface area contributed by atoms with Gasteiger partial charge in [0.1, 0.15) is 0 Å². The standard InChI is InChI=1S/C12H12ClN3O/c13-9-3-1-2-4-11(9)16-12(5-14)8-6-17-7-10(8)15-16/h1-4H,5-7,14H2. The van der Waals surface area contributed by atoms with Gasteiger partial charge in [-0.25, -0.2) is 4.68 Å². The number of halogens is 1. The van der Waals surface area contributed by atoms with Crippen molar-refractivity contribution in [1.29, 1.82) is 0 Å². The van der Waals surface area contributed by atoms with E-state index in [9.17, 15) is 0 Å². The third-order valence-electron chi connectivity index (χ3n) is 2.93. The number of nitrogens with two attached hydrogens (primary N) is 1. The predicted octanol–water partition coefficient (Wildman–Crippen LogP) is 2.01. The van der Waals surface area contributed by atoms with E-state index in [0.29, 0.717) is 24.8 Å². The molecule has 0 amide bonds. The lowest BCUT2D eigenvalue weighted by Crippen LogP contribution is -2.09. The molecular weight excluding hydrogens is 238 g/mol. The molecule has 5 heteroatoms. The molecular formula is C12H12ClN3O. The molecule has 1 aromatic heterocycles. The fourth-order valence-electron chi connectivity index (χ4n) is 2.10. The molecule has 88 valence electrons. The van der Waals surface area contributed by atoms with E-state index in [1.807, 2.05) is 28.9 Å². The van der Waals surface area contributed by atoms with Crippen LogP contribution < -0.4 is 5.73 Å². The highest BCUT2D eigenvalue weighted by Crippen LogP contribution is 2.27. The Hall–Kier alpha value is -1.36. The number of benzene rings is 1. The number of aromatic nitrogens is 2. The molecule has 17 heavy (non-hydrogen) atoms. The van der Waals surface area contributed by atoms with E-state index < -0.39 is 0 Å². The van der Waals surface area contributed by atoms with E-state index in [2.05, 4.69) is 5.10 Å². The van der Waals surface area contributed by atoms with Gasteiger partial charge in [0.25, 0.3) is 0 Å². The molecule has 0 aliphatic carbocycles. The lowest BCUT2D eigenvalue weighted by Gasteiger charge is -2.09. The van der Waals surface area contributed by atoms with Crippen LogP contribution in [0.3, 0.4) is 0 Å². The summed E-state index contributed by atoms with van der Waals surface area (Å²) in [4.78, 5) is 0. The van der Waals surface area contributed by atoms with Crippen molar-refractivity contribution in [3.8, 4) is 5.69 Å². The van der Waals surface area contributed by atoms with Gasteiger partial charge in [-0.2, -0.15) is 5.10 Å². The maximum atomic E-state index is 6.18. The van der Waals surface area contributed by atoms with Crippen LogP contribution in [-0.2, 0) is 24.5 Å². The summed E-state index contributed by atoms with van der Waals surface area (Å²) in [6.07, 6.45) is 0. The number of hydrogen-bond acceptors (Lipinski definition) is 3. The molecule has 1 aliphatic rings. The van der Waals surface area contributed by atoms with Crippen molar-refractivity contribution in [2.45, 2.75) is 19.8 Å². The minimum atomic E-state index is 0.427. The second-order valence-electron chi connectivity index (χ2n) is 3.93. The van der Waals surface area contributed by atoms with E-state index >= 15 is 0 Å². The number of fused-ring (bicyclic) bond motifs is 1. The molecule has 0 bridgehead atoms. The number of rotatable bonds is 2. The Morgan fingerprint density at radius 2 is 2.18 bits per heavy atom. The summed E-state index contributed by atoms with van der Waals surface area (Å²) in [5.74, 6) is 0. The third-order valence-corrected chi connectivity index (χ3v) is 3.25. The van der Waals surface area contributed by atoms with Crippen LogP contribution in [0.25, 0.3) is 5.69 Å². The number of hydrogen-bond donors (Lipinski definition) is 1. The van der Waals surface area contributed by atoms with E-state index in [4.69, 9.17) is 22.1 Å². The predicted molar refractivity (Wildman–Crippen MR) is 65.0 cm³/mol. The summed E-state index contributed by atoms with van der Waals surface area (Å²) in [5.41, 5.74) is 9.71. The fourth-order valence-corrected chi connectivity index (χ4v) is 2.32. The topological polar surface area (TPSA) is 53.1 Å². The molecule has 4 nitrogen and oxygen atoms in total. The Morgan fingerprint density at radius 3 is 2.94 bits per heavy atom. The zero-order chi connectivity index (χ0) is 11.8. The smallest absolute Gasteiger partial charge is 0.0945 e. The molecule has 2 heterocycles. The first kappa shape index (κ1) is 10.8. The van der Waals surface area contributed by atoms with Crippen molar-refractivity contribution in [1.82, 2.24) is 9.78 Å². The van der Waals surface area contributed by atoms with Gasteiger partial charge in [-0.1, -0.05) is 23.7 Å². The van der Waals surface area contributed by atoms with Crippen LogP contribution in [0.5, 0.6) is 0 Å². The normalized spacial score (nSPS) is 14.0. The second-order valence-corrected chi connectivity index (χ2v) is 4.34. The minimum absolute atomic E-state index is 0.427. The molecule has 0 unspecified atom stereocenters. The summed E-state index contributed by atoms with van der Waals surface area (Å²) >= 11 is 6.18. The van der Waals surface area contributed by atoms with Gasteiger partial charge >= 0.3 is 0 Å². The summed E-state index contributed by atoms with van der Waals surface area (Å²) < 4.78 is 7.18. The molecule has 3 rings (SSSR count). The maximum absolute atomic E-state index is 6.18. The molecule has 2 aromatic rings. The molecule has 0 saturated heterocycles. The van der Waals surface area contributed by atoms with Crippen LogP contribution in [0.15, 0.2) is 24.3 Å². The first-order valence-electron chi connectivity index (χ1n) is 5.43. The van der Waals surface area contributed by atoms with Crippen molar-refractivity contribution < 1.29 is 4.74 Å². The lowest BCUT2D eigenvalue weighted by molar-refractivity contribution is 0.130. The summed E-state index contributed by atoms with van der Waals surface area (Å²) in [6, 6.07) is 7.62. The first-order chi connectivity index (χ1) is 8.31. The SMILES string of the molecule is NCc1c2c(nn1-c1ccccc1Cl)COC2. The van der Waals surface area contributed by atoms with Crippen LogP contribution >= 0.6 is 11.6 Å². The van der Waals surface area contributed by atoms with Crippen molar-refractivity contribution >= 4 is 11.6 Å². The third kappa shape index (κ3) is 1.65. The maximum Gasteiger partial charge on any atom is 0.0945 e. The van der Waals surface area contributed by atoms with Gasteiger partial charge in [0.05, 0.1) is 35.3 Å². The zero-order valence-corrected chi connectivity index (χ0v) is 9.94. The molecule has 1 aliphatic heterocycles. The Bertz CT molecular complexity index is 565. The Morgan fingerprint density at radius 1 is 1.35 bits per heavy atom. The Labute approximate surface area is 104 Å². The minimum Gasteiger partial charge on any atom is -0.370 e. The number of para-hydroxylation sites is 1. The van der Waals surface area contributed by atoms with Gasteiger partial charge in [-0.05, 0) is 12.1 Å². The monoisotopic (exact) mass is 249 g/mol. The second kappa shape index (κ2) is 4.14. The lowest BCUT2D eigenvalue weighted by atomic mass is 10.2. The highest BCUT2D eigenvalue weighted by atomic mass is 35.5. The molecule has 0 radical (unpaired) electrons. The summed E-state index contributed by atoms with van der Waals surface area (Å²) in [5, 5.41) is 5.19. The van der Waals surface area contributed by atoms with E-state index in [1.165, 1.54) is 0 Å². The van der Waals surface area contributed by atoms with Crippen LogP contribution in [0.4, 0.5) is 0 Å². The van der Waals surface area contributed by atoms with Crippen molar-refractivity contribution in [3.05, 3.63) is 46.2 Å². The molecule has 1 aromatic carbocycles. The average Bonchev–Trinajstić information content (AvgIpc) is 2.89. The van der Waals surface area contributed by atoms with E-state index in [-0.39, 0.29) is 0 Å². The van der Waals surface area contributed by atoms with E-state index in [1.54, 1.807) is 0 Å². The number of nitrogens with zero attached hydrogens (tertiary/aromatic N) is 2. The number of ether oxygens (including phenoxy) is 1. The average molecular weight is 250 g/mol. The Balaban J connectivity index is 2.19. The van der Waals surface area contributed by atoms with Crippen molar-refractivity contribution in [2.75, 3.05) is 0 Å². The molecule has 0 saturated carbocycles. The summed E-state index contributed by atoms with van der Waals surface area (Å²) in [7, 11) is 0. The van der Waals surface area contributed by atoms with Crippen LogP contribution in [0, 0.1) is 0 Å². The van der Waals surface area contributed by atoms with Gasteiger partial charge in [0.2, 0.25) is 0 Å². The zero-order valence-electron chi connectivity index (χ0n) is 9.19. The van der Waals surface area contributed by atoms with Crippen molar-refractivity contribution in [2.24, 2.45) is 5.73 Å². The van der Waals surface area contributed by atoms with Crippen LogP contribution in [0.2, 0.25) is 5.02 Å².